The van der Waals surface area contributed by atoms with Crippen molar-refractivity contribution in [2.75, 3.05) is 25.0 Å². The summed E-state index contributed by atoms with van der Waals surface area (Å²) in [7, 11) is 2.12. The summed E-state index contributed by atoms with van der Waals surface area (Å²) < 4.78 is 5.34. The van der Waals surface area contributed by atoms with Crippen LogP contribution in [0.1, 0.15) is 26.7 Å². The van der Waals surface area contributed by atoms with Gasteiger partial charge in [-0.2, -0.15) is 0 Å². The van der Waals surface area contributed by atoms with Gasteiger partial charge in [-0.15, -0.1) is 0 Å². The molecule has 1 aliphatic carbocycles. The third-order valence-corrected chi connectivity index (χ3v) is 5.54. The Balaban J connectivity index is 1.43. The summed E-state index contributed by atoms with van der Waals surface area (Å²) in [6.45, 7) is 5.40. The Morgan fingerprint density at radius 3 is 2.72 bits per heavy atom. The van der Waals surface area contributed by atoms with Crippen LogP contribution < -0.4 is 4.90 Å². The Bertz CT molecular complexity index is 760. The smallest absolute Gasteiger partial charge is 0.410 e. The zero-order chi connectivity index (χ0) is 17.6. The molecule has 4 rings (SSSR count). The van der Waals surface area contributed by atoms with E-state index in [1.807, 2.05) is 31.0 Å². The van der Waals surface area contributed by atoms with Crippen LogP contribution >= 0.6 is 0 Å². The van der Waals surface area contributed by atoms with Crippen molar-refractivity contribution in [2.24, 2.45) is 11.8 Å². The number of ether oxygens (including phenoxy) is 1. The first-order valence-electron chi connectivity index (χ1n) is 8.99. The number of carbonyl (C=O) groups excluding carboxylic acids is 1. The predicted octanol–water partition coefficient (Wildman–Crippen LogP) is 2.65. The lowest BCUT2D eigenvalue weighted by Crippen LogP contribution is -2.35. The summed E-state index contributed by atoms with van der Waals surface area (Å²) in [4.78, 5) is 28.2. The molecular formula is C18H25N5O2. The number of anilines is 1. The van der Waals surface area contributed by atoms with Crippen molar-refractivity contribution >= 4 is 22.9 Å². The minimum absolute atomic E-state index is 0.0617. The minimum Gasteiger partial charge on any atom is -0.447 e. The first-order chi connectivity index (χ1) is 12.0. The van der Waals surface area contributed by atoms with Crippen molar-refractivity contribution < 1.29 is 9.53 Å². The maximum Gasteiger partial charge on any atom is 0.410 e. The second kappa shape index (κ2) is 6.20. The zero-order valence-electron chi connectivity index (χ0n) is 15.0. The normalized spacial score (nSPS) is 25.6. The highest BCUT2D eigenvalue weighted by Crippen LogP contribution is 2.41. The molecule has 1 unspecified atom stereocenters. The van der Waals surface area contributed by atoms with Gasteiger partial charge < -0.3 is 19.5 Å². The lowest BCUT2D eigenvalue weighted by molar-refractivity contribution is 0.0812. The molecule has 1 amide bonds. The molecule has 2 aromatic heterocycles. The van der Waals surface area contributed by atoms with Gasteiger partial charge in [-0.1, -0.05) is 0 Å². The zero-order valence-corrected chi connectivity index (χ0v) is 15.0. The SMILES string of the molecule is CC(C)OC(=O)N1CC2C[C@@H](N(C)c3ncnc4[nH]ccc34)C[C@@H]2C1. The molecule has 2 fully saturated rings. The van der Waals surface area contributed by atoms with E-state index in [-0.39, 0.29) is 12.2 Å². The third kappa shape index (κ3) is 2.92. The quantitative estimate of drug-likeness (QED) is 0.927. The summed E-state index contributed by atoms with van der Waals surface area (Å²) in [6.07, 6.45) is 5.46. The molecule has 1 saturated heterocycles. The number of nitrogens with zero attached hydrogens (tertiary/aromatic N) is 4. The van der Waals surface area contributed by atoms with Gasteiger partial charge in [0.05, 0.1) is 11.5 Å². The molecule has 7 heteroatoms. The van der Waals surface area contributed by atoms with E-state index in [2.05, 4.69) is 26.9 Å². The number of H-pyrrole nitrogens is 1. The topological polar surface area (TPSA) is 74.3 Å². The molecule has 134 valence electrons. The summed E-state index contributed by atoms with van der Waals surface area (Å²) in [5.41, 5.74) is 0.873. The van der Waals surface area contributed by atoms with E-state index in [1.165, 1.54) is 0 Å². The number of rotatable bonds is 3. The fourth-order valence-corrected chi connectivity index (χ4v) is 4.32. The van der Waals surface area contributed by atoms with Crippen LogP contribution in [-0.4, -0.2) is 58.2 Å². The second-order valence-corrected chi connectivity index (χ2v) is 7.53. The van der Waals surface area contributed by atoms with E-state index in [0.29, 0.717) is 17.9 Å². The highest BCUT2D eigenvalue weighted by molar-refractivity contribution is 5.87. The number of carbonyl (C=O) groups is 1. The van der Waals surface area contributed by atoms with Gasteiger partial charge in [-0.05, 0) is 44.6 Å². The van der Waals surface area contributed by atoms with Gasteiger partial charge in [0, 0.05) is 32.4 Å². The lowest BCUT2D eigenvalue weighted by Gasteiger charge is -2.28. The summed E-state index contributed by atoms with van der Waals surface area (Å²) >= 11 is 0. The van der Waals surface area contributed by atoms with Crippen molar-refractivity contribution in [1.29, 1.82) is 0 Å². The molecule has 3 heterocycles. The Hall–Kier alpha value is -2.31. The summed E-state index contributed by atoms with van der Waals surface area (Å²) in [6, 6.07) is 2.48. The molecule has 0 radical (unpaired) electrons. The molecule has 2 aliphatic rings. The van der Waals surface area contributed by atoms with Gasteiger partial charge in [-0.3, -0.25) is 0 Å². The molecule has 1 N–H and O–H groups in total. The molecular weight excluding hydrogens is 318 g/mol. The van der Waals surface area contributed by atoms with E-state index in [9.17, 15) is 4.79 Å². The van der Waals surface area contributed by atoms with Crippen molar-refractivity contribution in [1.82, 2.24) is 19.9 Å². The average molecular weight is 343 g/mol. The van der Waals surface area contributed by atoms with Crippen LogP contribution in [0.2, 0.25) is 0 Å². The van der Waals surface area contributed by atoms with Crippen molar-refractivity contribution in [3.05, 3.63) is 18.6 Å². The molecule has 0 spiro atoms. The summed E-state index contributed by atoms with van der Waals surface area (Å²) in [5.74, 6) is 2.08. The van der Waals surface area contributed by atoms with Gasteiger partial charge >= 0.3 is 6.09 Å². The highest BCUT2D eigenvalue weighted by atomic mass is 16.6. The van der Waals surface area contributed by atoms with Gasteiger partial charge in [0.1, 0.15) is 17.8 Å². The monoisotopic (exact) mass is 343 g/mol. The number of nitrogens with one attached hydrogen (secondary N) is 1. The number of hydrogen-bond donors (Lipinski definition) is 1. The van der Waals surface area contributed by atoms with E-state index < -0.39 is 0 Å². The molecule has 1 aliphatic heterocycles. The Morgan fingerprint density at radius 2 is 2.04 bits per heavy atom. The predicted molar refractivity (Wildman–Crippen MR) is 95.5 cm³/mol. The first kappa shape index (κ1) is 16.2. The maximum atomic E-state index is 12.1. The Morgan fingerprint density at radius 1 is 1.32 bits per heavy atom. The van der Waals surface area contributed by atoms with Crippen LogP contribution in [-0.2, 0) is 4.74 Å². The van der Waals surface area contributed by atoms with Crippen LogP contribution in [0, 0.1) is 11.8 Å². The van der Waals surface area contributed by atoms with E-state index in [0.717, 1.165) is 42.8 Å². The van der Waals surface area contributed by atoms with Crippen LogP contribution in [0.15, 0.2) is 18.6 Å². The standard InChI is InChI=1S/C18H25N5O2/c1-11(2)25-18(24)23-8-12-6-14(7-13(12)9-23)22(3)17-15-4-5-19-16(15)20-10-21-17/h4-5,10-14H,6-9H2,1-3H3,(H,19,20,21)/t12-,13?,14+/m1/s1. The highest BCUT2D eigenvalue weighted by Gasteiger charge is 2.44. The molecule has 0 bridgehead atoms. The lowest BCUT2D eigenvalue weighted by atomic mass is 10.0. The first-order valence-corrected chi connectivity index (χ1v) is 8.99. The fraction of sp³-hybridized carbons (Fsp3) is 0.611. The number of fused-ring (bicyclic) bond motifs is 2. The van der Waals surface area contributed by atoms with Gasteiger partial charge in [0.2, 0.25) is 0 Å². The summed E-state index contributed by atoms with van der Waals surface area (Å²) in [5, 5.41) is 1.06. The Labute approximate surface area is 147 Å². The molecule has 2 aromatic rings. The van der Waals surface area contributed by atoms with E-state index in [1.54, 1.807) is 6.33 Å². The molecule has 0 aromatic carbocycles. The van der Waals surface area contributed by atoms with Crippen LogP contribution in [0.25, 0.3) is 11.0 Å². The van der Waals surface area contributed by atoms with Crippen LogP contribution in [0.3, 0.4) is 0 Å². The van der Waals surface area contributed by atoms with Gasteiger partial charge in [0.25, 0.3) is 0 Å². The van der Waals surface area contributed by atoms with Gasteiger partial charge in [0.15, 0.2) is 0 Å². The van der Waals surface area contributed by atoms with Crippen molar-refractivity contribution in [3.8, 4) is 0 Å². The minimum atomic E-state index is -0.167. The molecule has 3 atom stereocenters. The second-order valence-electron chi connectivity index (χ2n) is 7.53. The third-order valence-electron chi connectivity index (χ3n) is 5.54. The van der Waals surface area contributed by atoms with Crippen LogP contribution in [0.5, 0.6) is 0 Å². The largest absolute Gasteiger partial charge is 0.447 e. The number of likely N-dealkylation sites (tertiary alicyclic amines) is 1. The molecule has 7 nitrogen and oxygen atoms in total. The van der Waals surface area contributed by atoms with E-state index in [4.69, 9.17) is 4.74 Å². The van der Waals surface area contributed by atoms with Crippen molar-refractivity contribution in [2.45, 2.75) is 38.8 Å². The maximum absolute atomic E-state index is 12.1. The number of hydrogen-bond acceptors (Lipinski definition) is 5. The van der Waals surface area contributed by atoms with Gasteiger partial charge in [-0.25, -0.2) is 14.8 Å². The Kier molecular flexibility index (Phi) is 4.01. The molecule has 1 saturated carbocycles. The van der Waals surface area contributed by atoms with E-state index >= 15 is 0 Å². The van der Waals surface area contributed by atoms with Crippen LogP contribution in [0.4, 0.5) is 10.6 Å². The molecule has 25 heavy (non-hydrogen) atoms. The number of aromatic nitrogens is 3. The fourth-order valence-electron chi connectivity index (χ4n) is 4.32. The van der Waals surface area contributed by atoms with Crippen molar-refractivity contribution in [3.63, 3.8) is 0 Å². The number of amides is 1. The average Bonchev–Trinajstić information content (AvgIpc) is 3.26. The number of aromatic amines is 1.